The van der Waals surface area contributed by atoms with Gasteiger partial charge in [0.15, 0.2) is 11.5 Å². The molecule has 1 fully saturated rings. The first kappa shape index (κ1) is 21.7. The number of pyridine rings is 1. The zero-order valence-corrected chi connectivity index (χ0v) is 18.6. The standard InChI is InChI=1S/C24H28N4O4/c1-30-20-12-16(13-21(31-2)24(20)32-3)14-22(29)28-11-5-4-6-19(28)23-18(15-26-27-23)17-7-9-25-10-8-17/h7-10,12-13,15,19H,4-6,11,14H2,1-3H3,(H,26,27). The minimum absolute atomic E-state index is 0.0519. The number of H-pyrrole nitrogens is 1. The van der Waals surface area contributed by atoms with Crippen LogP contribution in [0, 0.1) is 0 Å². The molecule has 2 aromatic heterocycles. The van der Waals surface area contributed by atoms with Gasteiger partial charge in [0.25, 0.3) is 0 Å². The van der Waals surface area contributed by atoms with Gasteiger partial charge in [-0.2, -0.15) is 5.10 Å². The van der Waals surface area contributed by atoms with Crippen molar-refractivity contribution in [3.63, 3.8) is 0 Å². The maximum absolute atomic E-state index is 13.4. The van der Waals surface area contributed by atoms with E-state index in [1.54, 1.807) is 33.7 Å². The summed E-state index contributed by atoms with van der Waals surface area (Å²) in [6, 6.07) is 7.52. The zero-order valence-electron chi connectivity index (χ0n) is 18.6. The maximum atomic E-state index is 13.4. The van der Waals surface area contributed by atoms with Gasteiger partial charge in [0.2, 0.25) is 11.7 Å². The van der Waals surface area contributed by atoms with Crippen molar-refractivity contribution in [3.05, 3.63) is 54.1 Å². The van der Waals surface area contributed by atoms with E-state index in [0.29, 0.717) is 23.8 Å². The van der Waals surface area contributed by atoms with E-state index in [-0.39, 0.29) is 18.4 Å². The summed E-state index contributed by atoms with van der Waals surface area (Å²) in [5.74, 6) is 1.65. The fourth-order valence-corrected chi connectivity index (χ4v) is 4.36. The molecule has 1 N–H and O–H groups in total. The van der Waals surface area contributed by atoms with Crippen molar-refractivity contribution >= 4 is 5.91 Å². The molecule has 1 amide bonds. The lowest BCUT2D eigenvalue weighted by molar-refractivity contribution is -0.134. The molecule has 8 heteroatoms. The van der Waals surface area contributed by atoms with E-state index < -0.39 is 0 Å². The van der Waals surface area contributed by atoms with Gasteiger partial charge in [-0.3, -0.25) is 14.9 Å². The number of aromatic nitrogens is 3. The topological polar surface area (TPSA) is 89.6 Å². The first-order valence-electron chi connectivity index (χ1n) is 10.7. The number of likely N-dealkylation sites (tertiary alicyclic amines) is 1. The molecule has 1 aliphatic rings. The van der Waals surface area contributed by atoms with Crippen molar-refractivity contribution in [2.45, 2.75) is 31.7 Å². The Hall–Kier alpha value is -3.55. The Kier molecular flexibility index (Phi) is 6.58. The van der Waals surface area contributed by atoms with Gasteiger partial charge >= 0.3 is 0 Å². The molecule has 0 saturated carbocycles. The molecular formula is C24H28N4O4. The van der Waals surface area contributed by atoms with E-state index in [2.05, 4.69) is 15.2 Å². The van der Waals surface area contributed by atoms with Crippen LogP contribution in [0.3, 0.4) is 0 Å². The molecule has 0 bridgehead atoms. The number of aromatic amines is 1. The maximum Gasteiger partial charge on any atom is 0.227 e. The van der Waals surface area contributed by atoms with Gasteiger partial charge in [0.1, 0.15) is 0 Å². The predicted molar refractivity (Wildman–Crippen MR) is 120 cm³/mol. The average molecular weight is 437 g/mol. The van der Waals surface area contributed by atoms with Crippen LogP contribution in [-0.2, 0) is 11.2 Å². The van der Waals surface area contributed by atoms with E-state index >= 15 is 0 Å². The zero-order chi connectivity index (χ0) is 22.5. The molecule has 1 aromatic carbocycles. The molecule has 1 aliphatic heterocycles. The number of piperidine rings is 1. The molecule has 0 spiro atoms. The molecule has 32 heavy (non-hydrogen) atoms. The fourth-order valence-electron chi connectivity index (χ4n) is 4.36. The second-order valence-electron chi connectivity index (χ2n) is 7.74. The van der Waals surface area contributed by atoms with E-state index in [0.717, 1.165) is 41.6 Å². The first-order valence-corrected chi connectivity index (χ1v) is 10.7. The molecule has 3 aromatic rings. The molecular weight excluding hydrogens is 408 g/mol. The van der Waals surface area contributed by atoms with Crippen LogP contribution < -0.4 is 14.2 Å². The molecule has 168 valence electrons. The van der Waals surface area contributed by atoms with E-state index in [1.807, 2.05) is 35.4 Å². The Bertz CT molecular complexity index is 1040. The number of ether oxygens (including phenoxy) is 3. The Balaban J connectivity index is 1.61. The number of nitrogens with zero attached hydrogens (tertiary/aromatic N) is 3. The lowest BCUT2D eigenvalue weighted by Gasteiger charge is -2.36. The van der Waals surface area contributed by atoms with Crippen molar-refractivity contribution in [2.24, 2.45) is 0 Å². The highest BCUT2D eigenvalue weighted by atomic mass is 16.5. The lowest BCUT2D eigenvalue weighted by atomic mass is 9.94. The minimum Gasteiger partial charge on any atom is -0.493 e. The van der Waals surface area contributed by atoms with Gasteiger partial charge < -0.3 is 19.1 Å². The number of methoxy groups -OCH3 is 3. The Morgan fingerprint density at radius 3 is 2.47 bits per heavy atom. The Morgan fingerprint density at radius 2 is 1.81 bits per heavy atom. The molecule has 1 atom stereocenters. The van der Waals surface area contributed by atoms with Crippen LogP contribution in [0.5, 0.6) is 17.2 Å². The summed E-state index contributed by atoms with van der Waals surface area (Å²) in [5.41, 5.74) is 3.82. The quantitative estimate of drug-likeness (QED) is 0.606. The molecule has 8 nitrogen and oxygen atoms in total. The number of amides is 1. The largest absolute Gasteiger partial charge is 0.493 e. The fraction of sp³-hybridized carbons (Fsp3) is 0.375. The van der Waals surface area contributed by atoms with Gasteiger partial charge in [0, 0.05) is 24.5 Å². The summed E-state index contributed by atoms with van der Waals surface area (Å²) >= 11 is 0. The lowest BCUT2D eigenvalue weighted by Crippen LogP contribution is -2.39. The highest BCUT2D eigenvalue weighted by Crippen LogP contribution is 2.39. The predicted octanol–water partition coefficient (Wildman–Crippen LogP) is 3.79. The van der Waals surface area contributed by atoms with Crippen LogP contribution in [0.1, 0.15) is 36.6 Å². The highest BCUT2D eigenvalue weighted by molar-refractivity contribution is 5.80. The summed E-state index contributed by atoms with van der Waals surface area (Å²) in [7, 11) is 4.71. The number of carbonyl (C=O) groups excluding carboxylic acids is 1. The number of benzene rings is 1. The van der Waals surface area contributed by atoms with Crippen molar-refractivity contribution in [3.8, 4) is 28.4 Å². The third-order valence-corrected chi connectivity index (χ3v) is 5.90. The Morgan fingerprint density at radius 1 is 1.09 bits per heavy atom. The summed E-state index contributed by atoms with van der Waals surface area (Å²) in [4.78, 5) is 19.5. The number of rotatable bonds is 7. The van der Waals surface area contributed by atoms with Crippen molar-refractivity contribution in [2.75, 3.05) is 27.9 Å². The van der Waals surface area contributed by atoms with Crippen molar-refractivity contribution < 1.29 is 19.0 Å². The van der Waals surface area contributed by atoms with Crippen LogP contribution in [0.2, 0.25) is 0 Å². The van der Waals surface area contributed by atoms with Gasteiger partial charge in [-0.1, -0.05) is 0 Å². The normalized spacial score (nSPS) is 16.0. The molecule has 0 radical (unpaired) electrons. The average Bonchev–Trinajstić information content (AvgIpc) is 3.33. The number of carbonyl (C=O) groups is 1. The van der Waals surface area contributed by atoms with Crippen LogP contribution in [0.25, 0.3) is 11.1 Å². The summed E-state index contributed by atoms with van der Waals surface area (Å²) in [5, 5.41) is 7.44. The van der Waals surface area contributed by atoms with Crippen LogP contribution in [-0.4, -0.2) is 53.9 Å². The molecule has 3 heterocycles. The van der Waals surface area contributed by atoms with Gasteiger partial charge in [0.05, 0.1) is 45.7 Å². The van der Waals surface area contributed by atoms with E-state index in [9.17, 15) is 4.79 Å². The van der Waals surface area contributed by atoms with Gasteiger partial charge in [-0.25, -0.2) is 0 Å². The highest BCUT2D eigenvalue weighted by Gasteiger charge is 2.31. The van der Waals surface area contributed by atoms with Crippen LogP contribution in [0.15, 0.2) is 42.9 Å². The van der Waals surface area contributed by atoms with E-state index in [1.165, 1.54) is 0 Å². The second kappa shape index (κ2) is 9.72. The third-order valence-electron chi connectivity index (χ3n) is 5.90. The Labute approximate surface area is 187 Å². The van der Waals surface area contributed by atoms with Gasteiger partial charge in [-0.15, -0.1) is 0 Å². The van der Waals surface area contributed by atoms with Crippen molar-refractivity contribution in [1.29, 1.82) is 0 Å². The molecule has 1 saturated heterocycles. The van der Waals surface area contributed by atoms with Crippen LogP contribution in [0.4, 0.5) is 0 Å². The number of hydrogen-bond acceptors (Lipinski definition) is 6. The van der Waals surface area contributed by atoms with Crippen LogP contribution >= 0.6 is 0 Å². The number of nitrogens with one attached hydrogen (secondary N) is 1. The molecule has 1 unspecified atom stereocenters. The first-order chi connectivity index (χ1) is 15.7. The SMILES string of the molecule is COc1cc(CC(=O)N2CCCCC2c2[nH]ncc2-c2ccncc2)cc(OC)c1OC. The van der Waals surface area contributed by atoms with Gasteiger partial charge in [-0.05, 0) is 54.7 Å². The summed E-state index contributed by atoms with van der Waals surface area (Å²) in [6.45, 7) is 0.711. The second-order valence-corrected chi connectivity index (χ2v) is 7.74. The summed E-state index contributed by atoms with van der Waals surface area (Å²) < 4.78 is 16.3. The summed E-state index contributed by atoms with van der Waals surface area (Å²) in [6.07, 6.45) is 8.53. The number of hydrogen-bond donors (Lipinski definition) is 1. The van der Waals surface area contributed by atoms with E-state index in [4.69, 9.17) is 14.2 Å². The minimum atomic E-state index is -0.0519. The molecule has 0 aliphatic carbocycles. The molecule has 4 rings (SSSR count). The monoisotopic (exact) mass is 436 g/mol. The van der Waals surface area contributed by atoms with Crippen molar-refractivity contribution in [1.82, 2.24) is 20.1 Å². The smallest absolute Gasteiger partial charge is 0.227 e. The third kappa shape index (κ3) is 4.26.